The quantitative estimate of drug-likeness (QED) is 0.645. The van der Waals surface area contributed by atoms with Crippen LogP contribution in [-0.4, -0.2) is 24.1 Å². The van der Waals surface area contributed by atoms with E-state index in [4.69, 9.17) is 9.47 Å². The van der Waals surface area contributed by atoms with Crippen LogP contribution in [0.5, 0.6) is 11.5 Å². The van der Waals surface area contributed by atoms with Gasteiger partial charge in [-0.25, -0.2) is 13.8 Å². The first-order chi connectivity index (χ1) is 13.1. The lowest BCUT2D eigenvalue weighted by Crippen LogP contribution is -2.20. The van der Waals surface area contributed by atoms with Crippen LogP contribution in [-0.2, 0) is 4.79 Å². The Hall–Kier alpha value is -3.00. The van der Waals surface area contributed by atoms with Gasteiger partial charge in [0.15, 0.2) is 23.3 Å². The van der Waals surface area contributed by atoms with Crippen LogP contribution in [0.1, 0.15) is 6.92 Å². The Morgan fingerprint density at radius 3 is 2.74 bits per heavy atom. The van der Waals surface area contributed by atoms with Gasteiger partial charge in [0.2, 0.25) is 0 Å². The van der Waals surface area contributed by atoms with Gasteiger partial charge in [0, 0.05) is 17.0 Å². The number of nitrogens with zero attached hydrogens (tertiary/aromatic N) is 1. The number of carbonyl (C=O) groups excluding carboxylic acids is 1. The van der Waals surface area contributed by atoms with Crippen LogP contribution in [0.2, 0.25) is 0 Å². The van der Waals surface area contributed by atoms with Gasteiger partial charge in [-0.15, -0.1) is 11.3 Å². The highest BCUT2D eigenvalue weighted by atomic mass is 32.1. The number of aromatic nitrogens is 1. The third-order valence-corrected chi connectivity index (χ3v) is 4.22. The molecule has 0 bridgehead atoms. The number of rotatable bonds is 7. The van der Waals surface area contributed by atoms with Crippen LogP contribution >= 0.6 is 11.3 Å². The van der Waals surface area contributed by atoms with Crippen molar-refractivity contribution in [3.05, 3.63) is 59.5 Å². The van der Waals surface area contributed by atoms with E-state index in [0.29, 0.717) is 29.2 Å². The molecule has 1 aromatic heterocycles. The summed E-state index contributed by atoms with van der Waals surface area (Å²) < 4.78 is 37.0. The molecule has 0 radical (unpaired) electrons. The minimum atomic E-state index is -0.869. The van der Waals surface area contributed by atoms with Crippen LogP contribution in [0.25, 0.3) is 11.3 Å². The first-order valence-corrected chi connectivity index (χ1v) is 9.00. The van der Waals surface area contributed by atoms with Gasteiger partial charge in [0.1, 0.15) is 11.6 Å². The van der Waals surface area contributed by atoms with Crippen LogP contribution in [0, 0.1) is 11.6 Å². The third-order valence-electron chi connectivity index (χ3n) is 3.47. The van der Waals surface area contributed by atoms with E-state index >= 15 is 0 Å². The highest BCUT2D eigenvalue weighted by Gasteiger charge is 2.13. The van der Waals surface area contributed by atoms with Crippen molar-refractivity contribution in [2.75, 3.05) is 18.5 Å². The summed E-state index contributed by atoms with van der Waals surface area (Å²) in [5, 5.41) is 4.77. The number of carbonyl (C=O) groups is 1. The SMILES string of the molecule is CCOc1ccccc1-c1csc(NC(=O)COc2ccc(F)cc2F)n1. The average Bonchev–Trinajstić information content (AvgIpc) is 3.10. The molecule has 0 fully saturated rings. The number of nitrogens with one attached hydrogen (secondary N) is 1. The predicted octanol–water partition coefficient (Wildman–Crippen LogP) is 4.50. The lowest BCUT2D eigenvalue weighted by Gasteiger charge is -2.08. The number of ether oxygens (including phenoxy) is 2. The van der Waals surface area contributed by atoms with Crippen LogP contribution in [0.15, 0.2) is 47.8 Å². The molecule has 0 unspecified atom stereocenters. The Balaban J connectivity index is 1.63. The fourth-order valence-corrected chi connectivity index (χ4v) is 3.03. The van der Waals surface area contributed by atoms with Gasteiger partial charge >= 0.3 is 0 Å². The molecular formula is C19H16F2N2O3S. The third kappa shape index (κ3) is 4.79. The van der Waals surface area contributed by atoms with Crippen molar-refractivity contribution in [3.8, 4) is 22.8 Å². The van der Waals surface area contributed by atoms with E-state index in [1.54, 1.807) is 5.38 Å². The van der Waals surface area contributed by atoms with Crippen molar-refractivity contribution in [2.45, 2.75) is 6.92 Å². The summed E-state index contributed by atoms with van der Waals surface area (Å²) in [6.07, 6.45) is 0. The van der Waals surface area contributed by atoms with E-state index in [2.05, 4.69) is 10.3 Å². The molecule has 3 rings (SSSR count). The minimum Gasteiger partial charge on any atom is -0.493 e. The van der Waals surface area contributed by atoms with Gasteiger partial charge in [-0.2, -0.15) is 0 Å². The summed E-state index contributed by atoms with van der Waals surface area (Å²) in [6, 6.07) is 10.4. The van der Waals surface area contributed by atoms with Gasteiger partial charge in [-0.3, -0.25) is 10.1 Å². The fourth-order valence-electron chi connectivity index (χ4n) is 2.31. The Labute approximate surface area is 158 Å². The number of hydrogen-bond donors (Lipinski definition) is 1. The van der Waals surface area contributed by atoms with E-state index in [1.165, 1.54) is 11.3 Å². The van der Waals surface area contributed by atoms with E-state index < -0.39 is 24.1 Å². The van der Waals surface area contributed by atoms with Crippen molar-refractivity contribution in [1.82, 2.24) is 4.98 Å². The molecule has 0 atom stereocenters. The van der Waals surface area contributed by atoms with Gasteiger partial charge in [-0.05, 0) is 31.2 Å². The highest BCUT2D eigenvalue weighted by Crippen LogP contribution is 2.32. The van der Waals surface area contributed by atoms with E-state index in [9.17, 15) is 13.6 Å². The molecule has 0 aliphatic heterocycles. The van der Waals surface area contributed by atoms with Gasteiger partial charge in [-0.1, -0.05) is 12.1 Å². The summed E-state index contributed by atoms with van der Waals surface area (Å²) in [5.74, 6) is -1.58. The van der Waals surface area contributed by atoms with Crippen molar-refractivity contribution in [3.63, 3.8) is 0 Å². The highest BCUT2D eigenvalue weighted by molar-refractivity contribution is 7.14. The van der Waals surface area contributed by atoms with Gasteiger partial charge in [0.25, 0.3) is 5.91 Å². The summed E-state index contributed by atoms with van der Waals surface area (Å²) >= 11 is 1.25. The Kier molecular flexibility index (Phi) is 5.97. The van der Waals surface area contributed by atoms with Crippen LogP contribution in [0.3, 0.4) is 0 Å². The summed E-state index contributed by atoms with van der Waals surface area (Å²) in [7, 11) is 0. The number of benzene rings is 2. The standard InChI is InChI=1S/C19H16F2N2O3S/c1-2-25-16-6-4-3-5-13(16)15-11-27-19(22-15)23-18(24)10-26-17-8-7-12(20)9-14(17)21/h3-9,11H,2,10H2,1H3,(H,22,23,24). The molecular weight excluding hydrogens is 374 g/mol. The van der Waals surface area contributed by atoms with Crippen molar-refractivity contribution < 1.29 is 23.0 Å². The largest absolute Gasteiger partial charge is 0.493 e. The summed E-state index contributed by atoms with van der Waals surface area (Å²) in [6.45, 7) is 2.00. The molecule has 2 aromatic carbocycles. The molecule has 1 N–H and O–H groups in total. The molecule has 3 aromatic rings. The number of halogens is 2. The zero-order valence-corrected chi connectivity index (χ0v) is 15.2. The fraction of sp³-hybridized carbons (Fsp3) is 0.158. The second-order valence-corrected chi connectivity index (χ2v) is 6.24. The predicted molar refractivity (Wildman–Crippen MR) is 99.2 cm³/mol. The maximum absolute atomic E-state index is 13.5. The molecule has 1 heterocycles. The van der Waals surface area contributed by atoms with E-state index in [0.717, 1.165) is 17.7 Å². The van der Waals surface area contributed by atoms with Crippen molar-refractivity contribution >= 4 is 22.4 Å². The maximum atomic E-state index is 13.5. The molecule has 5 nitrogen and oxygen atoms in total. The lowest BCUT2D eigenvalue weighted by molar-refractivity contribution is -0.118. The Morgan fingerprint density at radius 1 is 1.15 bits per heavy atom. The number of anilines is 1. The molecule has 8 heteroatoms. The summed E-state index contributed by atoms with van der Waals surface area (Å²) in [4.78, 5) is 16.4. The Bertz CT molecular complexity index is 946. The zero-order valence-electron chi connectivity index (χ0n) is 14.4. The number of para-hydroxylation sites is 1. The van der Waals surface area contributed by atoms with Gasteiger partial charge < -0.3 is 9.47 Å². The monoisotopic (exact) mass is 390 g/mol. The number of hydrogen-bond acceptors (Lipinski definition) is 5. The summed E-state index contributed by atoms with van der Waals surface area (Å²) in [5.41, 5.74) is 1.49. The average molecular weight is 390 g/mol. The smallest absolute Gasteiger partial charge is 0.264 e. The molecule has 27 heavy (non-hydrogen) atoms. The second kappa shape index (κ2) is 8.59. The zero-order chi connectivity index (χ0) is 19.2. The molecule has 0 saturated heterocycles. The molecule has 0 spiro atoms. The Morgan fingerprint density at radius 2 is 1.96 bits per heavy atom. The lowest BCUT2D eigenvalue weighted by atomic mass is 10.1. The first-order valence-electron chi connectivity index (χ1n) is 8.12. The van der Waals surface area contributed by atoms with Gasteiger partial charge in [0.05, 0.1) is 12.3 Å². The number of amides is 1. The van der Waals surface area contributed by atoms with E-state index in [1.807, 2.05) is 31.2 Å². The maximum Gasteiger partial charge on any atom is 0.264 e. The van der Waals surface area contributed by atoms with Crippen molar-refractivity contribution in [2.24, 2.45) is 0 Å². The molecule has 1 amide bonds. The first kappa shape index (κ1) is 18.8. The topological polar surface area (TPSA) is 60.5 Å². The normalized spacial score (nSPS) is 10.5. The molecule has 0 aliphatic carbocycles. The number of thiazole rings is 1. The molecule has 0 aliphatic rings. The van der Waals surface area contributed by atoms with E-state index in [-0.39, 0.29) is 5.75 Å². The van der Waals surface area contributed by atoms with Crippen LogP contribution < -0.4 is 14.8 Å². The second-order valence-electron chi connectivity index (χ2n) is 5.38. The van der Waals surface area contributed by atoms with Crippen LogP contribution in [0.4, 0.5) is 13.9 Å². The van der Waals surface area contributed by atoms with Crippen molar-refractivity contribution in [1.29, 1.82) is 0 Å². The molecule has 140 valence electrons. The minimum absolute atomic E-state index is 0.197. The molecule has 0 saturated carbocycles.